The SMILES string of the molecule is CC12C=CC(=O)NC1CCC1C2CCC2(C)C(C(=O)O)CCC12. The summed E-state index contributed by atoms with van der Waals surface area (Å²) < 4.78 is 0. The molecule has 4 aliphatic rings. The molecule has 0 aromatic heterocycles. The van der Waals surface area contributed by atoms with Crippen molar-refractivity contribution >= 4 is 11.9 Å². The maximum Gasteiger partial charge on any atom is 0.307 e. The fraction of sp³-hybridized carbons (Fsp3) is 0.789. The van der Waals surface area contributed by atoms with E-state index in [1.54, 1.807) is 6.08 Å². The van der Waals surface area contributed by atoms with Gasteiger partial charge in [-0.05, 0) is 67.8 Å². The largest absolute Gasteiger partial charge is 0.481 e. The van der Waals surface area contributed by atoms with Crippen molar-refractivity contribution in [1.29, 1.82) is 0 Å². The van der Waals surface area contributed by atoms with Crippen molar-refractivity contribution in [3.8, 4) is 0 Å². The van der Waals surface area contributed by atoms with Crippen LogP contribution in [0.2, 0.25) is 0 Å². The Morgan fingerprint density at radius 1 is 1.17 bits per heavy atom. The highest BCUT2D eigenvalue weighted by Gasteiger charge is 2.60. The lowest BCUT2D eigenvalue weighted by molar-refractivity contribution is -0.150. The van der Waals surface area contributed by atoms with Gasteiger partial charge in [0.05, 0.1) is 5.92 Å². The fourth-order valence-corrected chi connectivity index (χ4v) is 6.74. The highest BCUT2D eigenvalue weighted by molar-refractivity contribution is 5.89. The number of amides is 1. The van der Waals surface area contributed by atoms with Crippen molar-refractivity contribution in [3.05, 3.63) is 12.2 Å². The molecule has 0 aromatic rings. The molecule has 1 heterocycles. The van der Waals surface area contributed by atoms with Crippen molar-refractivity contribution in [2.75, 3.05) is 0 Å². The van der Waals surface area contributed by atoms with E-state index in [-0.39, 0.29) is 28.7 Å². The average molecular weight is 317 g/mol. The van der Waals surface area contributed by atoms with Gasteiger partial charge in [0.1, 0.15) is 0 Å². The van der Waals surface area contributed by atoms with Gasteiger partial charge in [-0.3, -0.25) is 9.59 Å². The Balaban J connectivity index is 1.66. The Kier molecular flexibility index (Phi) is 3.20. The number of carboxylic acids is 1. The molecule has 4 rings (SSSR count). The Morgan fingerprint density at radius 2 is 1.96 bits per heavy atom. The van der Waals surface area contributed by atoms with Crippen LogP contribution in [0, 0.1) is 34.5 Å². The summed E-state index contributed by atoms with van der Waals surface area (Å²) in [5.74, 6) is 0.992. The van der Waals surface area contributed by atoms with E-state index in [9.17, 15) is 14.7 Å². The zero-order valence-electron chi connectivity index (χ0n) is 14.0. The molecule has 4 nitrogen and oxygen atoms in total. The molecule has 4 heteroatoms. The normalized spacial score (nSPS) is 51.4. The summed E-state index contributed by atoms with van der Waals surface area (Å²) in [7, 11) is 0. The minimum absolute atomic E-state index is 0.0299. The molecule has 3 fully saturated rings. The summed E-state index contributed by atoms with van der Waals surface area (Å²) in [4.78, 5) is 23.4. The first-order valence-corrected chi connectivity index (χ1v) is 9.09. The molecule has 7 atom stereocenters. The number of carbonyl (C=O) groups excluding carboxylic acids is 1. The molecule has 0 spiro atoms. The molecule has 2 N–H and O–H groups in total. The predicted molar refractivity (Wildman–Crippen MR) is 86.6 cm³/mol. The van der Waals surface area contributed by atoms with Crippen LogP contribution in [-0.2, 0) is 9.59 Å². The summed E-state index contributed by atoms with van der Waals surface area (Å²) in [6.45, 7) is 4.53. The summed E-state index contributed by atoms with van der Waals surface area (Å²) in [6.07, 6.45) is 10.0. The molecule has 3 aliphatic carbocycles. The summed E-state index contributed by atoms with van der Waals surface area (Å²) in [6, 6.07) is 0.252. The van der Waals surface area contributed by atoms with Gasteiger partial charge in [0.25, 0.3) is 0 Å². The summed E-state index contributed by atoms with van der Waals surface area (Å²) in [5.41, 5.74) is 0.0112. The van der Waals surface area contributed by atoms with Gasteiger partial charge in [-0.1, -0.05) is 19.9 Å². The molecule has 1 aliphatic heterocycles. The number of carboxylic acid groups (broad SMARTS) is 1. The van der Waals surface area contributed by atoms with Crippen LogP contribution in [0.15, 0.2) is 12.2 Å². The van der Waals surface area contributed by atoms with Crippen molar-refractivity contribution in [3.63, 3.8) is 0 Å². The first kappa shape index (κ1) is 15.2. The highest BCUT2D eigenvalue weighted by atomic mass is 16.4. The lowest BCUT2D eigenvalue weighted by atomic mass is 9.48. The quantitative estimate of drug-likeness (QED) is 0.781. The van der Waals surface area contributed by atoms with Crippen LogP contribution in [0.3, 0.4) is 0 Å². The Hall–Kier alpha value is -1.32. The van der Waals surface area contributed by atoms with Crippen LogP contribution >= 0.6 is 0 Å². The number of hydrogen-bond donors (Lipinski definition) is 2. The van der Waals surface area contributed by atoms with Gasteiger partial charge in [0.15, 0.2) is 0 Å². The zero-order valence-corrected chi connectivity index (χ0v) is 14.0. The molecule has 0 aromatic carbocycles. The number of aliphatic carboxylic acids is 1. The number of nitrogens with one attached hydrogen (secondary N) is 1. The van der Waals surface area contributed by atoms with Crippen molar-refractivity contribution in [2.24, 2.45) is 34.5 Å². The Bertz CT molecular complexity index is 585. The van der Waals surface area contributed by atoms with E-state index in [1.165, 1.54) is 0 Å². The minimum Gasteiger partial charge on any atom is -0.481 e. The monoisotopic (exact) mass is 317 g/mol. The third-order valence-corrected chi connectivity index (χ3v) is 7.98. The second kappa shape index (κ2) is 4.84. The lowest BCUT2D eigenvalue weighted by Gasteiger charge is -2.58. The number of rotatable bonds is 1. The molecule has 0 bridgehead atoms. The van der Waals surface area contributed by atoms with Crippen LogP contribution in [0.4, 0.5) is 0 Å². The fourth-order valence-electron chi connectivity index (χ4n) is 6.74. The van der Waals surface area contributed by atoms with E-state index in [0.29, 0.717) is 17.8 Å². The molecule has 126 valence electrons. The molecule has 7 unspecified atom stereocenters. The molecular formula is C19H27NO3. The van der Waals surface area contributed by atoms with Crippen LogP contribution in [0.5, 0.6) is 0 Å². The van der Waals surface area contributed by atoms with Gasteiger partial charge >= 0.3 is 5.97 Å². The van der Waals surface area contributed by atoms with E-state index in [0.717, 1.165) is 38.5 Å². The second-order valence-electron chi connectivity index (χ2n) is 8.73. The molecule has 3 saturated carbocycles. The number of fused-ring (bicyclic) bond motifs is 5. The molecule has 0 saturated heterocycles. The van der Waals surface area contributed by atoms with Crippen molar-refractivity contribution < 1.29 is 14.7 Å². The maximum atomic E-state index is 11.7. The zero-order chi connectivity index (χ0) is 16.4. The van der Waals surface area contributed by atoms with E-state index in [1.807, 2.05) is 0 Å². The van der Waals surface area contributed by atoms with Gasteiger partial charge in [-0.15, -0.1) is 0 Å². The topological polar surface area (TPSA) is 66.4 Å². The van der Waals surface area contributed by atoms with E-state index < -0.39 is 5.97 Å². The standard InChI is InChI=1S/C19H27NO3/c1-18-9-7-13-11(12(18)4-5-14(18)17(22)23)3-6-15-19(13,2)10-8-16(21)20-15/h8,10-15H,3-7,9H2,1-2H3,(H,20,21)(H,22,23). The Labute approximate surface area is 137 Å². The maximum absolute atomic E-state index is 11.7. The van der Waals surface area contributed by atoms with Crippen LogP contribution in [0.25, 0.3) is 0 Å². The second-order valence-corrected chi connectivity index (χ2v) is 8.73. The lowest BCUT2D eigenvalue weighted by Crippen LogP contribution is -2.59. The first-order valence-electron chi connectivity index (χ1n) is 9.09. The number of hydrogen-bond acceptors (Lipinski definition) is 2. The smallest absolute Gasteiger partial charge is 0.307 e. The minimum atomic E-state index is -0.599. The van der Waals surface area contributed by atoms with Gasteiger partial charge in [-0.2, -0.15) is 0 Å². The highest BCUT2D eigenvalue weighted by Crippen LogP contribution is 2.64. The van der Waals surface area contributed by atoms with Gasteiger partial charge in [0, 0.05) is 11.5 Å². The van der Waals surface area contributed by atoms with Crippen molar-refractivity contribution in [1.82, 2.24) is 5.32 Å². The van der Waals surface area contributed by atoms with E-state index in [4.69, 9.17) is 0 Å². The summed E-state index contributed by atoms with van der Waals surface area (Å²) >= 11 is 0. The van der Waals surface area contributed by atoms with Gasteiger partial charge in [0.2, 0.25) is 5.91 Å². The first-order chi connectivity index (χ1) is 10.9. The molecule has 23 heavy (non-hydrogen) atoms. The van der Waals surface area contributed by atoms with Gasteiger partial charge < -0.3 is 10.4 Å². The molecule has 0 radical (unpaired) electrons. The van der Waals surface area contributed by atoms with Gasteiger partial charge in [-0.25, -0.2) is 0 Å². The van der Waals surface area contributed by atoms with Crippen LogP contribution in [0.1, 0.15) is 52.4 Å². The third-order valence-electron chi connectivity index (χ3n) is 7.98. The summed E-state index contributed by atoms with van der Waals surface area (Å²) in [5, 5.41) is 12.8. The Morgan fingerprint density at radius 3 is 2.70 bits per heavy atom. The van der Waals surface area contributed by atoms with E-state index >= 15 is 0 Å². The third kappa shape index (κ3) is 1.96. The number of carbonyl (C=O) groups is 2. The molecule has 1 amide bonds. The van der Waals surface area contributed by atoms with Crippen molar-refractivity contribution in [2.45, 2.75) is 58.4 Å². The van der Waals surface area contributed by atoms with E-state index in [2.05, 4.69) is 25.2 Å². The van der Waals surface area contributed by atoms with Crippen LogP contribution < -0.4 is 5.32 Å². The average Bonchev–Trinajstić information content (AvgIpc) is 2.85. The molecular weight excluding hydrogens is 290 g/mol. The predicted octanol–water partition coefficient (Wildman–Crippen LogP) is 2.98. The van der Waals surface area contributed by atoms with Crippen LogP contribution in [-0.4, -0.2) is 23.0 Å².